The van der Waals surface area contributed by atoms with Crippen LogP contribution in [0.25, 0.3) is 22.2 Å². The van der Waals surface area contributed by atoms with Crippen LogP contribution in [0.1, 0.15) is 35.6 Å². The first-order chi connectivity index (χ1) is 15.5. The highest BCUT2D eigenvalue weighted by Gasteiger charge is 2.31. The Balaban J connectivity index is 1.31. The van der Waals surface area contributed by atoms with Crippen LogP contribution in [0.15, 0.2) is 55.0 Å². The number of likely N-dealkylation sites (tertiary alicyclic amines) is 1. The van der Waals surface area contributed by atoms with Gasteiger partial charge in [-0.05, 0) is 61.3 Å². The summed E-state index contributed by atoms with van der Waals surface area (Å²) < 4.78 is 48.1. The van der Waals surface area contributed by atoms with Crippen molar-refractivity contribution in [3.8, 4) is 11.1 Å². The van der Waals surface area contributed by atoms with Gasteiger partial charge in [0.2, 0.25) is 0 Å². The Morgan fingerprint density at radius 1 is 1.00 bits per heavy atom. The van der Waals surface area contributed by atoms with E-state index in [1.54, 1.807) is 12.3 Å². The molecule has 0 unspecified atom stereocenters. The van der Waals surface area contributed by atoms with Crippen molar-refractivity contribution in [3.05, 3.63) is 71.8 Å². The van der Waals surface area contributed by atoms with Crippen LogP contribution in [-0.4, -0.2) is 36.7 Å². The van der Waals surface area contributed by atoms with Crippen molar-refractivity contribution in [2.45, 2.75) is 31.5 Å². The number of hydrogen-bond acceptors (Lipinski definition) is 6. The second-order valence-corrected chi connectivity index (χ2v) is 8.57. The van der Waals surface area contributed by atoms with Crippen LogP contribution in [0.5, 0.6) is 0 Å². The fraction of sp³-hybridized carbons (Fsp3) is 0.304. The van der Waals surface area contributed by atoms with Crippen molar-refractivity contribution in [1.29, 1.82) is 0 Å². The lowest BCUT2D eigenvalue weighted by Crippen LogP contribution is -2.32. The number of piperidine rings is 1. The standard InChI is InChI=1S/C23H20F3N5S/c24-23(25,26)18-3-1-2-17(11-18)19-12-27-14-28-22(19)16-6-8-31(9-7-16)13-15-4-5-20-21(10-15)30-32-29-20/h1-5,10-12,14,16H,6-9,13H2. The smallest absolute Gasteiger partial charge is 0.299 e. The Morgan fingerprint density at radius 2 is 1.81 bits per heavy atom. The topological polar surface area (TPSA) is 54.8 Å². The molecule has 0 spiro atoms. The van der Waals surface area contributed by atoms with Gasteiger partial charge in [0.15, 0.2) is 0 Å². The van der Waals surface area contributed by atoms with Crippen LogP contribution in [-0.2, 0) is 12.7 Å². The van der Waals surface area contributed by atoms with Gasteiger partial charge in [0, 0.05) is 24.2 Å². The molecule has 3 heterocycles. The van der Waals surface area contributed by atoms with Crippen molar-refractivity contribution in [1.82, 2.24) is 23.6 Å². The number of aromatic nitrogens is 4. The normalized spacial score (nSPS) is 16.0. The minimum Gasteiger partial charge on any atom is -0.299 e. The second-order valence-electron chi connectivity index (χ2n) is 8.04. The van der Waals surface area contributed by atoms with Crippen molar-refractivity contribution < 1.29 is 13.2 Å². The van der Waals surface area contributed by atoms with E-state index in [4.69, 9.17) is 0 Å². The van der Waals surface area contributed by atoms with Gasteiger partial charge in [-0.2, -0.15) is 21.9 Å². The van der Waals surface area contributed by atoms with Gasteiger partial charge < -0.3 is 0 Å². The highest BCUT2D eigenvalue weighted by Crippen LogP contribution is 2.36. The first-order valence-electron chi connectivity index (χ1n) is 10.4. The van der Waals surface area contributed by atoms with Crippen molar-refractivity contribution in [2.75, 3.05) is 13.1 Å². The monoisotopic (exact) mass is 455 g/mol. The van der Waals surface area contributed by atoms with Gasteiger partial charge in [-0.25, -0.2) is 9.97 Å². The van der Waals surface area contributed by atoms with E-state index in [1.165, 1.54) is 35.8 Å². The Morgan fingerprint density at radius 3 is 2.62 bits per heavy atom. The van der Waals surface area contributed by atoms with Crippen LogP contribution in [0.2, 0.25) is 0 Å². The molecule has 0 atom stereocenters. The summed E-state index contributed by atoms with van der Waals surface area (Å²) in [5.41, 5.74) is 4.40. The Hall–Kier alpha value is -2.91. The Kier molecular flexibility index (Phi) is 5.60. The molecule has 0 radical (unpaired) electrons. The molecule has 0 saturated carbocycles. The SMILES string of the molecule is FC(F)(F)c1cccc(-c2cncnc2C2CCN(Cc3ccc4nsnc4c3)CC2)c1. The summed E-state index contributed by atoms with van der Waals surface area (Å²) in [4.78, 5) is 11.0. The molecule has 2 aromatic heterocycles. The molecule has 164 valence electrons. The molecule has 2 aromatic carbocycles. The van der Waals surface area contributed by atoms with Crippen LogP contribution in [0.4, 0.5) is 13.2 Å². The van der Waals surface area contributed by atoms with Gasteiger partial charge in [0.05, 0.1) is 23.0 Å². The number of benzene rings is 2. The van der Waals surface area contributed by atoms with E-state index in [-0.39, 0.29) is 5.92 Å². The van der Waals surface area contributed by atoms with E-state index < -0.39 is 11.7 Å². The largest absolute Gasteiger partial charge is 0.416 e. The highest BCUT2D eigenvalue weighted by molar-refractivity contribution is 7.00. The lowest BCUT2D eigenvalue weighted by atomic mass is 9.88. The van der Waals surface area contributed by atoms with Crippen LogP contribution < -0.4 is 0 Å². The zero-order chi connectivity index (χ0) is 22.1. The summed E-state index contributed by atoms with van der Waals surface area (Å²) >= 11 is 1.22. The minimum absolute atomic E-state index is 0.184. The van der Waals surface area contributed by atoms with E-state index in [0.29, 0.717) is 11.1 Å². The molecule has 0 amide bonds. The summed E-state index contributed by atoms with van der Waals surface area (Å²) in [6, 6.07) is 11.6. The summed E-state index contributed by atoms with van der Waals surface area (Å²) in [5.74, 6) is 0.184. The Bertz CT molecular complexity index is 1230. The maximum Gasteiger partial charge on any atom is 0.416 e. The molecule has 1 aliphatic heterocycles. The van der Waals surface area contributed by atoms with Gasteiger partial charge in [-0.15, -0.1) is 0 Å². The molecular formula is C23H20F3N5S. The third kappa shape index (κ3) is 4.35. The number of halogens is 3. The maximum absolute atomic E-state index is 13.2. The van der Waals surface area contributed by atoms with Crippen molar-refractivity contribution in [3.63, 3.8) is 0 Å². The van der Waals surface area contributed by atoms with Gasteiger partial charge in [-0.1, -0.05) is 18.2 Å². The number of fused-ring (bicyclic) bond motifs is 1. The van der Waals surface area contributed by atoms with E-state index in [9.17, 15) is 13.2 Å². The fourth-order valence-electron chi connectivity index (χ4n) is 4.30. The van der Waals surface area contributed by atoms with Gasteiger partial charge >= 0.3 is 6.18 Å². The molecule has 32 heavy (non-hydrogen) atoms. The van der Waals surface area contributed by atoms with Crippen molar-refractivity contribution >= 4 is 22.8 Å². The molecule has 9 heteroatoms. The maximum atomic E-state index is 13.2. The van der Waals surface area contributed by atoms with E-state index >= 15 is 0 Å². The Labute approximate surface area is 187 Å². The molecular weight excluding hydrogens is 435 g/mol. The van der Waals surface area contributed by atoms with Crippen LogP contribution >= 0.6 is 11.7 Å². The van der Waals surface area contributed by atoms with Crippen LogP contribution in [0, 0.1) is 0 Å². The van der Waals surface area contributed by atoms with Crippen LogP contribution in [0.3, 0.4) is 0 Å². The lowest BCUT2D eigenvalue weighted by molar-refractivity contribution is -0.137. The molecule has 4 aromatic rings. The first kappa shape index (κ1) is 21.0. The molecule has 5 nitrogen and oxygen atoms in total. The molecule has 1 saturated heterocycles. The number of rotatable bonds is 4. The predicted octanol–water partition coefficient (Wildman–Crippen LogP) is 5.55. The van der Waals surface area contributed by atoms with Gasteiger partial charge in [-0.3, -0.25) is 4.90 Å². The van der Waals surface area contributed by atoms with Gasteiger partial charge in [0.25, 0.3) is 0 Å². The minimum atomic E-state index is -4.38. The summed E-state index contributed by atoms with van der Waals surface area (Å²) in [6.45, 7) is 2.62. The highest BCUT2D eigenvalue weighted by atomic mass is 32.1. The molecule has 0 bridgehead atoms. The second kappa shape index (κ2) is 8.55. The summed E-state index contributed by atoms with van der Waals surface area (Å²) in [6.07, 6.45) is 0.513. The van der Waals surface area contributed by atoms with Gasteiger partial charge in [0.1, 0.15) is 17.4 Å². The summed E-state index contributed by atoms with van der Waals surface area (Å²) in [5, 5.41) is 0. The number of nitrogens with zero attached hydrogens (tertiary/aromatic N) is 5. The molecule has 1 fully saturated rings. The number of alkyl halides is 3. The average Bonchev–Trinajstić information content (AvgIpc) is 3.27. The lowest BCUT2D eigenvalue weighted by Gasteiger charge is -2.32. The van der Waals surface area contributed by atoms with E-state index in [2.05, 4.69) is 35.7 Å². The third-order valence-electron chi connectivity index (χ3n) is 5.94. The molecule has 5 rings (SSSR count). The fourth-order valence-corrected chi connectivity index (χ4v) is 4.82. The number of hydrogen-bond donors (Lipinski definition) is 0. The van der Waals surface area contributed by atoms with Crippen molar-refractivity contribution in [2.24, 2.45) is 0 Å². The van der Waals surface area contributed by atoms with E-state index in [1.807, 2.05) is 6.07 Å². The molecule has 0 N–H and O–H groups in total. The third-order valence-corrected chi connectivity index (χ3v) is 6.50. The first-order valence-corrected chi connectivity index (χ1v) is 11.1. The molecule has 0 aliphatic carbocycles. The predicted molar refractivity (Wildman–Crippen MR) is 117 cm³/mol. The van der Waals surface area contributed by atoms with E-state index in [0.717, 1.165) is 55.3 Å². The summed E-state index contributed by atoms with van der Waals surface area (Å²) in [7, 11) is 0. The molecule has 1 aliphatic rings. The quantitative estimate of drug-likeness (QED) is 0.404. The zero-order valence-electron chi connectivity index (χ0n) is 17.1. The average molecular weight is 456 g/mol. The zero-order valence-corrected chi connectivity index (χ0v) is 17.9.